The topological polar surface area (TPSA) is 94.0 Å². The summed E-state index contributed by atoms with van der Waals surface area (Å²) in [6, 6.07) is 27.6. The Kier molecular flexibility index (Phi) is 6.61. The molecule has 0 saturated carbocycles. The first kappa shape index (κ1) is 25.5. The molecule has 1 aliphatic rings. The first-order valence-corrected chi connectivity index (χ1v) is 13.7. The fraction of sp³-hybridized carbons (Fsp3) is 0.0938. The van der Waals surface area contributed by atoms with Gasteiger partial charge < -0.3 is 5.32 Å². The number of anilines is 1. The van der Waals surface area contributed by atoms with Crippen LogP contribution >= 0.6 is 11.8 Å². The van der Waals surface area contributed by atoms with Gasteiger partial charge in [-0.1, -0.05) is 84.6 Å². The second-order valence-electron chi connectivity index (χ2n) is 9.54. The molecular formula is C32H24N4O3S. The predicted molar refractivity (Wildman–Crippen MR) is 155 cm³/mol. The second kappa shape index (κ2) is 10.4. The molecule has 0 aliphatic heterocycles. The van der Waals surface area contributed by atoms with Gasteiger partial charge in [0.2, 0.25) is 5.91 Å². The van der Waals surface area contributed by atoms with Crippen LogP contribution in [0.15, 0.2) is 96.2 Å². The van der Waals surface area contributed by atoms with E-state index < -0.39 is 0 Å². The number of rotatable bonds is 6. The quantitative estimate of drug-likeness (QED) is 0.256. The number of ketones is 2. The molecule has 0 fully saturated rings. The van der Waals surface area contributed by atoms with Gasteiger partial charge >= 0.3 is 0 Å². The summed E-state index contributed by atoms with van der Waals surface area (Å²) in [4.78, 5) is 39.5. The molecular weight excluding hydrogens is 520 g/mol. The predicted octanol–water partition coefficient (Wildman–Crippen LogP) is 6.06. The molecule has 40 heavy (non-hydrogen) atoms. The SMILES string of the molecule is Cc1ccc(-n2c(SCC(=O)Nc3cccc4c3C(=O)c3ccccc3C4=O)nnc2-c2ccccc2)cc1C. The Labute approximate surface area is 235 Å². The van der Waals surface area contributed by atoms with Crippen molar-refractivity contribution in [1.29, 1.82) is 0 Å². The second-order valence-corrected chi connectivity index (χ2v) is 10.5. The number of nitrogens with zero attached hydrogens (tertiary/aromatic N) is 3. The molecule has 1 aliphatic carbocycles. The number of benzene rings is 4. The minimum absolute atomic E-state index is 0.0279. The van der Waals surface area contributed by atoms with Crippen LogP contribution in [0.2, 0.25) is 0 Å². The highest BCUT2D eigenvalue weighted by Gasteiger charge is 2.31. The number of aryl methyl sites for hydroxylation is 2. The Morgan fingerprint density at radius 1 is 0.775 bits per heavy atom. The summed E-state index contributed by atoms with van der Waals surface area (Å²) in [7, 11) is 0. The number of nitrogens with one attached hydrogen (secondary N) is 1. The van der Waals surface area contributed by atoms with Crippen molar-refractivity contribution in [2.75, 3.05) is 11.1 Å². The number of aromatic nitrogens is 3. The largest absolute Gasteiger partial charge is 0.325 e. The number of carbonyl (C=O) groups excluding carboxylic acids is 3. The maximum Gasteiger partial charge on any atom is 0.234 e. The fourth-order valence-electron chi connectivity index (χ4n) is 4.80. The van der Waals surface area contributed by atoms with Crippen LogP contribution in [0, 0.1) is 13.8 Å². The highest BCUT2D eigenvalue weighted by Crippen LogP contribution is 2.33. The third kappa shape index (κ3) is 4.52. The van der Waals surface area contributed by atoms with Gasteiger partial charge in [-0.25, -0.2) is 0 Å². The van der Waals surface area contributed by atoms with E-state index in [0.717, 1.165) is 16.8 Å². The molecule has 0 unspecified atom stereocenters. The van der Waals surface area contributed by atoms with E-state index in [1.807, 2.05) is 41.0 Å². The van der Waals surface area contributed by atoms with Crippen LogP contribution in [-0.4, -0.2) is 38.0 Å². The van der Waals surface area contributed by atoms with Gasteiger partial charge in [-0.05, 0) is 43.2 Å². The Morgan fingerprint density at radius 3 is 2.23 bits per heavy atom. The van der Waals surface area contributed by atoms with Crippen molar-refractivity contribution < 1.29 is 14.4 Å². The van der Waals surface area contributed by atoms with Gasteiger partial charge in [0.15, 0.2) is 22.5 Å². The molecule has 196 valence electrons. The van der Waals surface area contributed by atoms with E-state index in [0.29, 0.717) is 27.8 Å². The lowest BCUT2D eigenvalue weighted by atomic mass is 9.83. The zero-order valence-corrected chi connectivity index (χ0v) is 22.7. The Morgan fingerprint density at radius 2 is 1.48 bits per heavy atom. The van der Waals surface area contributed by atoms with Gasteiger partial charge in [0, 0.05) is 22.3 Å². The normalized spacial score (nSPS) is 12.2. The lowest BCUT2D eigenvalue weighted by Gasteiger charge is -2.20. The maximum atomic E-state index is 13.3. The van der Waals surface area contributed by atoms with Crippen LogP contribution in [0.1, 0.15) is 43.0 Å². The maximum absolute atomic E-state index is 13.3. The molecule has 0 spiro atoms. The average Bonchev–Trinajstić information content (AvgIpc) is 3.41. The first-order chi connectivity index (χ1) is 19.4. The molecule has 4 aromatic carbocycles. The summed E-state index contributed by atoms with van der Waals surface area (Å²) in [5.74, 6) is -0.137. The smallest absolute Gasteiger partial charge is 0.234 e. The number of amides is 1. The lowest BCUT2D eigenvalue weighted by molar-refractivity contribution is -0.113. The van der Waals surface area contributed by atoms with Gasteiger partial charge in [0.25, 0.3) is 0 Å². The van der Waals surface area contributed by atoms with Crippen LogP contribution in [-0.2, 0) is 4.79 Å². The van der Waals surface area contributed by atoms with Crippen LogP contribution < -0.4 is 5.32 Å². The lowest BCUT2D eigenvalue weighted by Crippen LogP contribution is -2.24. The van der Waals surface area contributed by atoms with E-state index in [-0.39, 0.29) is 34.4 Å². The van der Waals surface area contributed by atoms with Gasteiger partial charge in [0.1, 0.15) is 0 Å². The highest BCUT2D eigenvalue weighted by atomic mass is 32.2. The van der Waals surface area contributed by atoms with E-state index in [9.17, 15) is 14.4 Å². The van der Waals surface area contributed by atoms with Gasteiger partial charge in [-0.3, -0.25) is 19.0 Å². The molecule has 1 N–H and O–H groups in total. The number of carbonyl (C=O) groups is 3. The molecule has 1 heterocycles. The number of thioether (sulfide) groups is 1. The third-order valence-electron chi connectivity index (χ3n) is 6.97. The first-order valence-electron chi connectivity index (χ1n) is 12.7. The summed E-state index contributed by atoms with van der Waals surface area (Å²) in [6.07, 6.45) is 0. The van der Waals surface area contributed by atoms with Crippen LogP contribution in [0.4, 0.5) is 5.69 Å². The van der Waals surface area contributed by atoms with E-state index in [4.69, 9.17) is 0 Å². The van der Waals surface area contributed by atoms with Crippen molar-refractivity contribution in [3.05, 3.63) is 124 Å². The van der Waals surface area contributed by atoms with Crippen molar-refractivity contribution >= 4 is 34.9 Å². The van der Waals surface area contributed by atoms with Gasteiger partial charge in [-0.2, -0.15) is 0 Å². The molecule has 0 radical (unpaired) electrons. The number of hydrogen-bond acceptors (Lipinski definition) is 6. The average molecular weight is 545 g/mol. The number of fused-ring (bicyclic) bond motifs is 2. The molecule has 6 rings (SSSR count). The summed E-state index contributed by atoms with van der Waals surface area (Å²) in [5.41, 5.74) is 5.65. The molecule has 0 saturated heterocycles. The van der Waals surface area contributed by atoms with E-state index in [1.165, 1.54) is 17.3 Å². The molecule has 7 nitrogen and oxygen atoms in total. The Hall–Kier alpha value is -4.82. The monoisotopic (exact) mass is 544 g/mol. The molecule has 1 aromatic heterocycles. The van der Waals surface area contributed by atoms with Gasteiger partial charge in [0.05, 0.1) is 22.7 Å². The van der Waals surface area contributed by atoms with Crippen LogP contribution in [0.5, 0.6) is 0 Å². The zero-order valence-electron chi connectivity index (χ0n) is 21.8. The molecule has 0 atom stereocenters. The van der Waals surface area contributed by atoms with E-state index >= 15 is 0 Å². The van der Waals surface area contributed by atoms with Crippen molar-refractivity contribution in [1.82, 2.24) is 14.8 Å². The highest BCUT2D eigenvalue weighted by molar-refractivity contribution is 7.99. The van der Waals surface area contributed by atoms with Crippen LogP contribution in [0.25, 0.3) is 17.1 Å². The number of hydrogen-bond donors (Lipinski definition) is 1. The van der Waals surface area contributed by atoms with Crippen LogP contribution in [0.3, 0.4) is 0 Å². The van der Waals surface area contributed by atoms with Crippen molar-refractivity contribution in [2.24, 2.45) is 0 Å². The molecule has 1 amide bonds. The molecule has 5 aromatic rings. The van der Waals surface area contributed by atoms with Gasteiger partial charge in [-0.15, -0.1) is 10.2 Å². The Bertz CT molecular complexity index is 1810. The molecule has 8 heteroatoms. The fourth-order valence-corrected chi connectivity index (χ4v) is 5.55. The van der Waals surface area contributed by atoms with Crippen molar-refractivity contribution in [2.45, 2.75) is 19.0 Å². The van der Waals surface area contributed by atoms with E-state index in [1.54, 1.807) is 42.5 Å². The standard InChI is InChI=1S/C32H24N4O3S/c1-19-15-16-22(17-20(19)2)36-31(21-9-4-3-5-10-21)34-35-32(36)40-18-27(37)33-26-14-8-13-25-28(26)30(39)24-12-7-6-11-23(24)29(25)38/h3-17H,18H2,1-2H3,(H,33,37). The zero-order chi connectivity index (χ0) is 27.8. The Balaban J connectivity index is 1.28. The molecule has 0 bridgehead atoms. The summed E-state index contributed by atoms with van der Waals surface area (Å²) in [6.45, 7) is 4.11. The van der Waals surface area contributed by atoms with Crippen molar-refractivity contribution in [3.63, 3.8) is 0 Å². The minimum Gasteiger partial charge on any atom is -0.325 e. The summed E-state index contributed by atoms with van der Waals surface area (Å²) < 4.78 is 1.95. The summed E-state index contributed by atoms with van der Waals surface area (Å²) >= 11 is 1.25. The summed E-state index contributed by atoms with van der Waals surface area (Å²) in [5, 5.41) is 12.3. The minimum atomic E-state index is -0.326. The van der Waals surface area contributed by atoms with E-state index in [2.05, 4.69) is 41.5 Å². The van der Waals surface area contributed by atoms with Crippen molar-refractivity contribution in [3.8, 4) is 17.1 Å². The third-order valence-corrected chi connectivity index (χ3v) is 7.90.